The Labute approximate surface area is 118 Å². The van der Waals surface area contributed by atoms with E-state index in [4.69, 9.17) is 5.73 Å². The van der Waals surface area contributed by atoms with E-state index in [1.54, 1.807) is 0 Å². The summed E-state index contributed by atoms with van der Waals surface area (Å²) in [5, 5.41) is 0. The zero-order valence-corrected chi connectivity index (χ0v) is 18.5. The van der Waals surface area contributed by atoms with Gasteiger partial charge in [0, 0.05) is 0 Å². The third-order valence-corrected chi connectivity index (χ3v) is 1.72. The van der Waals surface area contributed by atoms with Crippen LogP contribution in [0.2, 0.25) is 0 Å². The van der Waals surface area contributed by atoms with Gasteiger partial charge in [0.15, 0.2) is 0 Å². The fraction of sp³-hybridized carbons (Fsp3) is 0.333. The molecule has 1 nitrogen and oxygen atoms in total. The Morgan fingerprint density at radius 2 is 1.53 bits per heavy atom. The van der Waals surface area contributed by atoms with Gasteiger partial charge >= 0.3 is 59.5 Å². The summed E-state index contributed by atoms with van der Waals surface area (Å²) in [6.45, 7) is 2.86. The second-order valence-corrected chi connectivity index (χ2v) is 104. The van der Waals surface area contributed by atoms with E-state index in [1.165, 1.54) is 5.56 Å². The summed E-state index contributed by atoms with van der Waals surface area (Å²) in [7, 11) is 0. The van der Waals surface area contributed by atoms with Gasteiger partial charge in [-0.15, -0.1) is 0 Å². The van der Waals surface area contributed by atoms with E-state index in [-0.39, 0.29) is 0 Å². The third-order valence-electron chi connectivity index (χ3n) is 1.72. The van der Waals surface area contributed by atoms with Crippen molar-refractivity contribution in [3.63, 3.8) is 0 Å². The fourth-order valence-electron chi connectivity index (χ4n) is 0.918. The van der Waals surface area contributed by atoms with E-state index >= 15 is 0 Å². The molecule has 0 aromatic heterocycles. The van der Waals surface area contributed by atoms with Crippen LogP contribution >= 0.6 is 47.9 Å². The molecule has 0 saturated heterocycles. The number of halogens is 4. The molecule has 0 heterocycles. The molecule has 15 heavy (non-hydrogen) atoms. The monoisotopic (exact) mass is 659 g/mol. The fourth-order valence-corrected chi connectivity index (χ4v) is 0.918. The summed E-state index contributed by atoms with van der Waals surface area (Å²) in [6.07, 6.45) is 0. The zero-order valence-electron chi connectivity index (χ0n) is 8.26. The molecule has 0 spiro atoms. The number of hydrogen-bond acceptors (Lipinski definition) is 1. The van der Waals surface area contributed by atoms with Crippen molar-refractivity contribution in [2.75, 3.05) is 6.54 Å². The zero-order chi connectivity index (χ0) is 11.9. The standard InChI is InChI=1S/C9H13N.4BrH.Pb/c1-8(7-10)9-5-3-2-4-6-9;;;;;/h2-6,8H,7,10H2,1H3;4*1H;/q;;;;;+4/p-4. The molecule has 1 atom stereocenters. The first-order valence-electron chi connectivity index (χ1n) is 4.35. The molecule has 6 heteroatoms. The average Bonchev–Trinajstić information content (AvgIpc) is 2.15. The van der Waals surface area contributed by atoms with E-state index in [9.17, 15) is 0 Å². The summed E-state index contributed by atoms with van der Waals surface area (Å²) >= 11 is 11.4. The average molecular weight is 662 g/mol. The Morgan fingerprint density at radius 3 is 1.87 bits per heavy atom. The number of rotatable bonds is 2. The molecular formula is C9H13Br4NPb. The Morgan fingerprint density at radius 1 is 1.13 bits per heavy atom. The first kappa shape index (κ1) is 17.0. The van der Waals surface area contributed by atoms with Crippen LogP contribution in [0.4, 0.5) is 0 Å². The van der Waals surface area contributed by atoms with E-state index in [0.717, 1.165) is 6.54 Å². The van der Waals surface area contributed by atoms with Gasteiger partial charge in [0.05, 0.1) is 0 Å². The van der Waals surface area contributed by atoms with Crippen LogP contribution < -0.4 is 5.73 Å². The van der Waals surface area contributed by atoms with Gasteiger partial charge in [-0.05, 0) is 18.0 Å². The number of benzene rings is 1. The van der Waals surface area contributed by atoms with E-state index < -0.39 is 11.5 Å². The van der Waals surface area contributed by atoms with Crippen LogP contribution in [-0.2, 0) is 0 Å². The minimum absolute atomic E-state index is 0.487. The molecule has 0 amide bonds. The van der Waals surface area contributed by atoms with Crippen LogP contribution in [0.15, 0.2) is 30.3 Å². The number of hydrogen-bond donors (Lipinski definition) is 1. The first-order valence-corrected chi connectivity index (χ1v) is 38.1. The summed E-state index contributed by atoms with van der Waals surface area (Å²) in [5.41, 5.74) is 6.83. The second-order valence-electron chi connectivity index (χ2n) is 2.98. The van der Waals surface area contributed by atoms with Gasteiger partial charge in [-0.25, -0.2) is 0 Å². The molecule has 86 valence electrons. The third kappa shape index (κ3) is 12.3. The quantitative estimate of drug-likeness (QED) is 0.456. The Kier molecular flexibility index (Phi) is 10.2. The van der Waals surface area contributed by atoms with Crippen molar-refractivity contribution >= 4 is 59.5 Å². The van der Waals surface area contributed by atoms with Gasteiger partial charge in [0.25, 0.3) is 0 Å². The van der Waals surface area contributed by atoms with Gasteiger partial charge in [0.2, 0.25) is 0 Å². The molecule has 1 unspecified atom stereocenters. The predicted octanol–water partition coefficient (Wildman–Crippen LogP) is 4.75. The molecular weight excluding hydrogens is 649 g/mol. The van der Waals surface area contributed by atoms with E-state index in [2.05, 4.69) is 67.0 Å². The van der Waals surface area contributed by atoms with Crippen LogP contribution in [0.3, 0.4) is 0 Å². The van der Waals surface area contributed by atoms with Crippen LogP contribution in [0.5, 0.6) is 0 Å². The van der Waals surface area contributed by atoms with E-state index in [1.807, 2.05) is 18.2 Å². The Hall–Kier alpha value is 2.02. The summed E-state index contributed by atoms with van der Waals surface area (Å²) in [6, 6.07) is 10.3. The summed E-state index contributed by atoms with van der Waals surface area (Å²) in [5.74, 6) is 0.487. The van der Waals surface area contributed by atoms with Crippen LogP contribution in [0.1, 0.15) is 18.4 Å². The number of nitrogens with two attached hydrogens (primary N) is 1. The van der Waals surface area contributed by atoms with Crippen molar-refractivity contribution < 1.29 is 0 Å². The molecule has 0 bridgehead atoms. The van der Waals surface area contributed by atoms with Crippen molar-refractivity contribution in [1.82, 2.24) is 0 Å². The van der Waals surface area contributed by atoms with Gasteiger partial charge in [-0.2, -0.15) is 0 Å². The van der Waals surface area contributed by atoms with Crippen molar-refractivity contribution in [3.05, 3.63) is 35.9 Å². The maximum absolute atomic E-state index is 5.50. The predicted molar refractivity (Wildman–Crippen MR) is 85.4 cm³/mol. The molecule has 0 aliphatic heterocycles. The van der Waals surface area contributed by atoms with Crippen LogP contribution in [0, 0.1) is 0 Å². The molecule has 1 rings (SSSR count). The molecule has 1 aromatic rings. The van der Waals surface area contributed by atoms with Gasteiger partial charge in [0.1, 0.15) is 0 Å². The Bertz CT molecular complexity index is 257. The first-order chi connectivity index (χ1) is 6.84. The second kappa shape index (κ2) is 9.02. The summed E-state index contributed by atoms with van der Waals surface area (Å²) in [4.78, 5) is 0. The van der Waals surface area contributed by atoms with Gasteiger partial charge in [-0.3, -0.25) is 0 Å². The van der Waals surface area contributed by atoms with Crippen molar-refractivity contribution in [3.8, 4) is 0 Å². The molecule has 1 aromatic carbocycles. The van der Waals surface area contributed by atoms with Crippen molar-refractivity contribution in [1.29, 1.82) is 0 Å². The Balaban J connectivity index is 0.000000336. The van der Waals surface area contributed by atoms with Gasteiger partial charge < -0.3 is 5.73 Å². The maximum atomic E-state index is 5.50. The van der Waals surface area contributed by atoms with Crippen molar-refractivity contribution in [2.45, 2.75) is 12.8 Å². The molecule has 2 N–H and O–H groups in total. The van der Waals surface area contributed by atoms with E-state index in [0.29, 0.717) is 5.92 Å². The SMILES string of the molecule is CC(CN)c1ccccc1.[Br][Pb]([Br])([Br])[Br]. The molecule has 0 radical (unpaired) electrons. The van der Waals surface area contributed by atoms with Crippen LogP contribution in [-0.4, -0.2) is 18.1 Å². The summed E-state index contributed by atoms with van der Waals surface area (Å²) < 4.78 is 0. The minimum atomic E-state index is -2.03. The van der Waals surface area contributed by atoms with Crippen molar-refractivity contribution in [2.24, 2.45) is 5.73 Å². The molecule has 0 aliphatic rings. The van der Waals surface area contributed by atoms with Crippen LogP contribution in [0.25, 0.3) is 0 Å². The molecule has 0 fully saturated rings. The molecule has 0 aliphatic carbocycles. The molecule has 0 saturated carbocycles. The topological polar surface area (TPSA) is 26.0 Å². The normalized spacial score (nSPS) is 12.7. The van der Waals surface area contributed by atoms with Gasteiger partial charge in [-0.1, -0.05) is 37.3 Å².